The number of azide groups is 1. The summed E-state index contributed by atoms with van der Waals surface area (Å²) in [6.45, 7) is 3.07. The van der Waals surface area contributed by atoms with Gasteiger partial charge in [0.25, 0.3) is 0 Å². The molecule has 28 heavy (non-hydrogen) atoms. The lowest BCUT2D eigenvalue weighted by molar-refractivity contribution is -0.144. The Morgan fingerprint density at radius 1 is 1.11 bits per heavy atom. The molecule has 0 saturated heterocycles. The van der Waals surface area contributed by atoms with E-state index in [1.54, 1.807) is 24.3 Å². The molecule has 9 heteroatoms. The first kappa shape index (κ1) is 21.3. The molecular weight excluding hydrogens is 382 g/mol. The van der Waals surface area contributed by atoms with Crippen LogP contribution in [0.3, 0.4) is 0 Å². The van der Waals surface area contributed by atoms with E-state index in [1.165, 1.54) is 26.0 Å². The molecule has 2 rings (SSSR count). The number of sulfone groups is 1. The van der Waals surface area contributed by atoms with Crippen molar-refractivity contribution >= 4 is 15.8 Å². The van der Waals surface area contributed by atoms with Crippen molar-refractivity contribution in [3.63, 3.8) is 0 Å². The Kier molecular flexibility index (Phi) is 6.66. The van der Waals surface area contributed by atoms with Gasteiger partial charge in [-0.15, -0.1) is 0 Å². The summed E-state index contributed by atoms with van der Waals surface area (Å²) in [6.07, 6.45) is 0. The molecule has 148 valence electrons. The van der Waals surface area contributed by atoms with Gasteiger partial charge in [0.15, 0.2) is 9.84 Å². The van der Waals surface area contributed by atoms with Crippen molar-refractivity contribution in [2.45, 2.75) is 24.8 Å². The number of hydrogen-bond donors (Lipinski definition) is 0. The number of benzene rings is 2. The largest absolute Gasteiger partial charge is 0.469 e. The Hall–Kier alpha value is -3.03. The average molecular weight is 403 g/mol. The van der Waals surface area contributed by atoms with E-state index in [4.69, 9.17) is 10.3 Å². The third-order valence-electron chi connectivity index (χ3n) is 4.06. The lowest BCUT2D eigenvalue weighted by Gasteiger charge is -2.28. The molecule has 0 aliphatic heterocycles. The molecule has 0 spiro atoms. The molecule has 0 aromatic heterocycles. The molecule has 2 aromatic rings. The second-order valence-corrected chi connectivity index (χ2v) is 8.75. The highest BCUT2D eigenvalue weighted by molar-refractivity contribution is 7.91. The van der Waals surface area contributed by atoms with Gasteiger partial charge in [-0.3, -0.25) is 4.79 Å². The fourth-order valence-electron chi connectivity index (χ4n) is 2.68. The molecular formula is C19H21N3O5S. The maximum atomic E-state index is 12.8. The molecule has 0 heterocycles. The fraction of sp³-hybridized carbons (Fsp3) is 0.316. The predicted octanol–water partition coefficient (Wildman–Crippen LogP) is 4.13. The number of para-hydroxylation sites is 1. The topological polar surface area (TPSA) is 118 Å². The lowest BCUT2D eigenvalue weighted by Crippen LogP contribution is -2.40. The molecule has 2 aromatic carbocycles. The van der Waals surface area contributed by atoms with Crippen LogP contribution in [-0.4, -0.2) is 33.3 Å². The van der Waals surface area contributed by atoms with E-state index in [2.05, 4.69) is 14.8 Å². The summed E-state index contributed by atoms with van der Waals surface area (Å²) >= 11 is 0. The van der Waals surface area contributed by atoms with Crippen LogP contribution in [0.4, 0.5) is 0 Å². The van der Waals surface area contributed by atoms with Gasteiger partial charge in [0.2, 0.25) is 0 Å². The summed E-state index contributed by atoms with van der Waals surface area (Å²) in [5.41, 5.74) is 7.53. The summed E-state index contributed by atoms with van der Waals surface area (Å²) in [4.78, 5) is 14.6. The number of ether oxygens (including phenoxy) is 2. The molecule has 0 radical (unpaired) electrons. The molecule has 8 nitrogen and oxygen atoms in total. The number of hydrogen-bond acceptors (Lipinski definition) is 6. The standard InChI is InChI=1S/C19H21N3O5S/c1-19(2,17(21-22-20)18(23)26-3)13-28(24,25)16-11-9-15(10-12-16)27-14-7-5-4-6-8-14/h4-12,17H,13H2,1-3H3. The molecule has 0 N–H and O–H groups in total. The summed E-state index contributed by atoms with van der Waals surface area (Å²) in [7, 11) is -2.61. The second kappa shape index (κ2) is 8.77. The van der Waals surface area contributed by atoms with Crippen LogP contribution in [-0.2, 0) is 19.4 Å². The molecule has 0 amide bonds. The van der Waals surface area contributed by atoms with E-state index < -0.39 is 33.0 Å². The van der Waals surface area contributed by atoms with E-state index in [1.807, 2.05) is 18.2 Å². The zero-order valence-corrected chi connectivity index (χ0v) is 16.6. The van der Waals surface area contributed by atoms with Gasteiger partial charge < -0.3 is 9.47 Å². The maximum absolute atomic E-state index is 12.8. The Balaban J connectivity index is 2.21. The van der Waals surface area contributed by atoms with Crippen molar-refractivity contribution in [3.05, 3.63) is 65.0 Å². The van der Waals surface area contributed by atoms with Crippen molar-refractivity contribution in [3.8, 4) is 11.5 Å². The summed E-state index contributed by atoms with van der Waals surface area (Å²) < 4.78 is 35.9. The quantitative estimate of drug-likeness (QED) is 0.284. The molecule has 0 bridgehead atoms. The second-order valence-electron chi connectivity index (χ2n) is 6.76. The molecule has 1 unspecified atom stereocenters. The Morgan fingerprint density at radius 2 is 1.68 bits per heavy atom. The number of carbonyl (C=O) groups is 1. The fourth-order valence-corrected chi connectivity index (χ4v) is 4.53. The molecule has 0 saturated carbocycles. The third-order valence-corrected chi connectivity index (χ3v) is 6.17. The van der Waals surface area contributed by atoms with Gasteiger partial charge in [-0.1, -0.05) is 37.2 Å². The zero-order chi connectivity index (χ0) is 20.8. The van der Waals surface area contributed by atoms with Crippen molar-refractivity contribution < 1.29 is 22.7 Å². The van der Waals surface area contributed by atoms with Crippen molar-refractivity contribution in [1.29, 1.82) is 0 Å². The maximum Gasteiger partial charge on any atom is 0.315 e. The normalized spacial score (nSPS) is 12.5. The van der Waals surface area contributed by atoms with E-state index in [9.17, 15) is 13.2 Å². The Morgan fingerprint density at radius 3 is 2.21 bits per heavy atom. The van der Waals surface area contributed by atoms with Crippen LogP contribution in [0.1, 0.15) is 13.8 Å². The highest BCUT2D eigenvalue weighted by atomic mass is 32.2. The minimum absolute atomic E-state index is 0.0746. The number of nitrogens with zero attached hydrogens (tertiary/aromatic N) is 3. The van der Waals surface area contributed by atoms with Gasteiger partial charge in [-0.05, 0) is 47.3 Å². The Bertz CT molecular complexity index is 966. The lowest BCUT2D eigenvalue weighted by atomic mass is 9.87. The Labute approximate surface area is 163 Å². The minimum Gasteiger partial charge on any atom is -0.469 e. The van der Waals surface area contributed by atoms with Gasteiger partial charge in [-0.25, -0.2) is 8.42 Å². The van der Waals surface area contributed by atoms with Gasteiger partial charge in [0, 0.05) is 4.91 Å². The minimum atomic E-state index is -3.76. The van der Waals surface area contributed by atoms with Crippen LogP contribution in [0.25, 0.3) is 10.4 Å². The van der Waals surface area contributed by atoms with Crippen molar-refractivity contribution in [2.75, 3.05) is 12.9 Å². The van der Waals surface area contributed by atoms with Crippen molar-refractivity contribution in [1.82, 2.24) is 0 Å². The SMILES string of the molecule is COC(=O)C(N=[N+]=[N-])C(C)(C)CS(=O)(=O)c1ccc(Oc2ccccc2)cc1. The van der Waals surface area contributed by atoms with Gasteiger partial charge >= 0.3 is 5.97 Å². The summed E-state index contributed by atoms with van der Waals surface area (Å²) in [5.74, 6) is -0.0671. The van der Waals surface area contributed by atoms with Crippen LogP contribution in [0, 0.1) is 5.41 Å². The molecule has 0 aliphatic carbocycles. The van der Waals surface area contributed by atoms with E-state index in [0.29, 0.717) is 11.5 Å². The molecule has 0 fully saturated rings. The molecule has 0 aliphatic rings. The van der Waals surface area contributed by atoms with E-state index in [-0.39, 0.29) is 4.90 Å². The third kappa shape index (κ3) is 5.25. The number of rotatable bonds is 8. The van der Waals surface area contributed by atoms with Gasteiger partial charge in [-0.2, -0.15) is 0 Å². The smallest absolute Gasteiger partial charge is 0.315 e. The van der Waals surface area contributed by atoms with Gasteiger partial charge in [0.05, 0.1) is 17.8 Å². The van der Waals surface area contributed by atoms with E-state index in [0.717, 1.165) is 7.11 Å². The first-order chi connectivity index (χ1) is 13.2. The summed E-state index contributed by atoms with van der Waals surface area (Å²) in [6, 6.07) is 13.8. The highest BCUT2D eigenvalue weighted by Crippen LogP contribution is 2.30. The van der Waals surface area contributed by atoms with Gasteiger partial charge in [0.1, 0.15) is 17.5 Å². The van der Waals surface area contributed by atoms with Crippen LogP contribution >= 0.6 is 0 Å². The van der Waals surface area contributed by atoms with Crippen LogP contribution < -0.4 is 4.74 Å². The number of methoxy groups -OCH3 is 1. The number of esters is 1. The van der Waals surface area contributed by atoms with Crippen LogP contribution in [0.15, 0.2) is 64.6 Å². The first-order valence-electron chi connectivity index (χ1n) is 8.37. The van der Waals surface area contributed by atoms with E-state index >= 15 is 0 Å². The first-order valence-corrected chi connectivity index (χ1v) is 10.0. The zero-order valence-electron chi connectivity index (χ0n) is 15.8. The molecule has 1 atom stereocenters. The summed E-state index contributed by atoms with van der Waals surface area (Å²) in [5, 5.41) is 3.43. The number of carbonyl (C=O) groups excluding carboxylic acids is 1. The monoisotopic (exact) mass is 403 g/mol. The average Bonchev–Trinajstić information content (AvgIpc) is 2.66. The van der Waals surface area contributed by atoms with Crippen molar-refractivity contribution in [2.24, 2.45) is 10.5 Å². The highest BCUT2D eigenvalue weighted by Gasteiger charge is 2.39. The van der Waals surface area contributed by atoms with Crippen LogP contribution in [0.2, 0.25) is 0 Å². The predicted molar refractivity (Wildman–Crippen MR) is 104 cm³/mol. The van der Waals surface area contributed by atoms with Crippen LogP contribution in [0.5, 0.6) is 11.5 Å².